The molecule has 0 saturated carbocycles. The number of ether oxygens (including phenoxy) is 2. The maximum Gasteiger partial charge on any atom is 0.308 e. The van der Waals surface area contributed by atoms with Crippen molar-refractivity contribution >= 4 is 11.9 Å². The molecule has 124 valence electrons. The van der Waals surface area contributed by atoms with Crippen molar-refractivity contribution in [3.8, 4) is 0 Å². The summed E-state index contributed by atoms with van der Waals surface area (Å²) in [5.41, 5.74) is 0.299. The number of methoxy groups -OCH3 is 1. The van der Waals surface area contributed by atoms with Crippen LogP contribution < -0.4 is 5.32 Å². The lowest BCUT2D eigenvalue weighted by Gasteiger charge is -2.31. The van der Waals surface area contributed by atoms with Crippen LogP contribution in [0.1, 0.15) is 16.8 Å². The predicted octanol–water partition coefficient (Wildman–Crippen LogP) is 0.803. The van der Waals surface area contributed by atoms with Crippen LogP contribution in [0, 0.1) is 5.82 Å². The fourth-order valence-corrected chi connectivity index (χ4v) is 2.22. The number of aliphatic hydroxyl groups is 1. The Bertz CT molecular complexity index is 587. The van der Waals surface area contributed by atoms with Crippen molar-refractivity contribution < 1.29 is 28.6 Å². The Morgan fingerprint density at radius 1 is 1.30 bits per heavy atom. The van der Waals surface area contributed by atoms with Crippen molar-refractivity contribution in [1.82, 2.24) is 5.32 Å². The van der Waals surface area contributed by atoms with Gasteiger partial charge in [-0.1, -0.05) is 12.2 Å². The van der Waals surface area contributed by atoms with Crippen LogP contribution in [0.4, 0.5) is 4.39 Å². The summed E-state index contributed by atoms with van der Waals surface area (Å²) >= 11 is 0. The van der Waals surface area contributed by atoms with Crippen LogP contribution in [0.2, 0.25) is 0 Å². The number of carbonyl (C=O) groups excluding carboxylic acids is 2. The second-order valence-corrected chi connectivity index (χ2v) is 5.07. The molecule has 6 nitrogen and oxygen atoms in total. The van der Waals surface area contributed by atoms with Crippen LogP contribution in [0.25, 0.3) is 0 Å². The van der Waals surface area contributed by atoms with Gasteiger partial charge in [0, 0.05) is 5.56 Å². The molecule has 0 bridgehead atoms. The van der Waals surface area contributed by atoms with Crippen molar-refractivity contribution in [1.29, 1.82) is 0 Å². The van der Waals surface area contributed by atoms with E-state index in [1.165, 1.54) is 31.4 Å². The van der Waals surface area contributed by atoms with Gasteiger partial charge in [-0.2, -0.15) is 0 Å². The molecule has 1 aliphatic rings. The molecule has 2 N–H and O–H groups in total. The van der Waals surface area contributed by atoms with Crippen LogP contribution in [0.5, 0.6) is 0 Å². The number of nitrogens with one attached hydrogen (secondary N) is 1. The molecular formula is C16H18FNO5. The molecule has 1 aromatic rings. The number of esters is 1. The summed E-state index contributed by atoms with van der Waals surface area (Å²) in [6.07, 6.45) is 2.14. The minimum atomic E-state index is -0.681. The fraction of sp³-hybridized carbons (Fsp3) is 0.375. The zero-order valence-electron chi connectivity index (χ0n) is 12.6. The Morgan fingerprint density at radius 2 is 2.00 bits per heavy atom. The molecule has 0 spiro atoms. The van der Waals surface area contributed by atoms with E-state index in [1.807, 2.05) is 0 Å². The Balaban J connectivity index is 2.01. The number of amides is 1. The van der Waals surface area contributed by atoms with Gasteiger partial charge in [-0.15, -0.1) is 0 Å². The van der Waals surface area contributed by atoms with E-state index in [0.717, 1.165) is 0 Å². The Labute approximate surface area is 132 Å². The molecule has 1 heterocycles. The molecule has 2 rings (SSSR count). The molecule has 0 aliphatic carbocycles. The van der Waals surface area contributed by atoms with E-state index in [2.05, 4.69) is 10.1 Å². The molecule has 0 radical (unpaired) electrons. The monoisotopic (exact) mass is 323 g/mol. The van der Waals surface area contributed by atoms with Crippen LogP contribution >= 0.6 is 0 Å². The van der Waals surface area contributed by atoms with Gasteiger partial charge in [0.25, 0.3) is 5.91 Å². The standard InChI is InChI=1S/C16H18FNO5/c1-22-15(20)8-12-6-7-13(14(9-19)23-12)18-16(21)10-2-4-11(17)5-3-10/h2-7,12-14,19H,8-9H2,1H3,(H,18,21)/t12-,13+,14-/m1/s1. The summed E-state index contributed by atoms with van der Waals surface area (Å²) in [4.78, 5) is 23.4. The third kappa shape index (κ3) is 4.61. The Kier molecular flexibility index (Phi) is 5.84. The van der Waals surface area contributed by atoms with Gasteiger partial charge in [-0.25, -0.2) is 4.39 Å². The van der Waals surface area contributed by atoms with Crippen LogP contribution in [-0.4, -0.2) is 48.9 Å². The number of hydrogen-bond acceptors (Lipinski definition) is 5. The first-order valence-corrected chi connectivity index (χ1v) is 7.11. The summed E-state index contributed by atoms with van der Waals surface area (Å²) in [6.45, 7) is -0.323. The molecule has 0 unspecified atom stereocenters. The van der Waals surface area contributed by atoms with Gasteiger partial charge in [0.05, 0.1) is 32.3 Å². The first-order valence-electron chi connectivity index (χ1n) is 7.11. The largest absolute Gasteiger partial charge is 0.469 e. The highest BCUT2D eigenvalue weighted by Crippen LogP contribution is 2.16. The quantitative estimate of drug-likeness (QED) is 0.618. The summed E-state index contributed by atoms with van der Waals surface area (Å²) in [6, 6.07) is 4.57. The second kappa shape index (κ2) is 7.85. The number of halogens is 1. The molecule has 1 aliphatic heterocycles. The third-order valence-electron chi connectivity index (χ3n) is 3.46. The SMILES string of the molecule is COC(=O)C[C@H]1C=C[C@H](NC(=O)c2ccc(F)cc2)[C@@H](CO)O1. The van der Waals surface area contributed by atoms with E-state index < -0.39 is 35.9 Å². The topological polar surface area (TPSA) is 84.9 Å². The van der Waals surface area contributed by atoms with Crippen molar-refractivity contribution in [3.63, 3.8) is 0 Å². The molecule has 0 aromatic heterocycles. The first-order chi connectivity index (χ1) is 11.0. The first kappa shape index (κ1) is 17.1. The molecule has 0 saturated heterocycles. The zero-order valence-corrected chi connectivity index (χ0v) is 12.6. The van der Waals surface area contributed by atoms with E-state index in [0.29, 0.717) is 5.56 Å². The molecule has 0 fully saturated rings. The fourth-order valence-electron chi connectivity index (χ4n) is 2.22. The third-order valence-corrected chi connectivity index (χ3v) is 3.46. The molecular weight excluding hydrogens is 305 g/mol. The number of carbonyl (C=O) groups is 2. The van der Waals surface area contributed by atoms with Gasteiger partial charge in [-0.3, -0.25) is 9.59 Å². The molecule has 1 amide bonds. The lowest BCUT2D eigenvalue weighted by Crippen LogP contribution is -2.48. The highest BCUT2D eigenvalue weighted by atomic mass is 19.1. The molecule has 1 aromatic carbocycles. The average Bonchev–Trinajstić information content (AvgIpc) is 2.56. The molecule has 23 heavy (non-hydrogen) atoms. The highest BCUT2D eigenvalue weighted by Gasteiger charge is 2.29. The zero-order chi connectivity index (χ0) is 16.8. The molecule has 3 atom stereocenters. The average molecular weight is 323 g/mol. The van der Waals surface area contributed by atoms with E-state index in [9.17, 15) is 19.1 Å². The van der Waals surface area contributed by atoms with Gasteiger partial charge in [0.2, 0.25) is 0 Å². The van der Waals surface area contributed by atoms with Crippen LogP contribution in [-0.2, 0) is 14.3 Å². The van der Waals surface area contributed by atoms with E-state index in [4.69, 9.17) is 4.74 Å². The van der Waals surface area contributed by atoms with E-state index in [-0.39, 0.29) is 13.0 Å². The number of aliphatic hydroxyl groups excluding tert-OH is 1. The summed E-state index contributed by atoms with van der Waals surface area (Å²) in [5, 5.41) is 12.1. The van der Waals surface area contributed by atoms with Crippen molar-refractivity contribution in [3.05, 3.63) is 47.8 Å². The second-order valence-electron chi connectivity index (χ2n) is 5.07. The van der Waals surface area contributed by atoms with Gasteiger partial charge in [0.1, 0.15) is 11.9 Å². The lowest BCUT2D eigenvalue weighted by molar-refractivity contribution is -0.144. The number of rotatable bonds is 5. The maximum absolute atomic E-state index is 12.9. The Morgan fingerprint density at radius 3 is 2.61 bits per heavy atom. The van der Waals surface area contributed by atoms with Crippen LogP contribution in [0.3, 0.4) is 0 Å². The van der Waals surface area contributed by atoms with Gasteiger partial charge in [0.15, 0.2) is 0 Å². The maximum atomic E-state index is 12.9. The predicted molar refractivity (Wildman–Crippen MR) is 79.2 cm³/mol. The van der Waals surface area contributed by atoms with Gasteiger partial charge in [-0.05, 0) is 24.3 Å². The summed E-state index contributed by atoms with van der Waals surface area (Å²) in [7, 11) is 1.28. The minimum Gasteiger partial charge on any atom is -0.469 e. The smallest absolute Gasteiger partial charge is 0.308 e. The van der Waals surface area contributed by atoms with Crippen LogP contribution in [0.15, 0.2) is 36.4 Å². The van der Waals surface area contributed by atoms with Crippen molar-refractivity contribution in [2.45, 2.75) is 24.7 Å². The summed E-state index contributed by atoms with van der Waals surface area (Å²) in [5.74, 6) is -1.26. The number of benzene rings is 1. The molecule has 7 heteroatoms. The Hall–Kier alpha value is -2.25. The van der Waals surface area contributed by atoms with E-state index in [1.54, 1.807) is 12.2 Å². The van der Waals surface area contributed by atoms with Gasteiger partial charge >= 0.3 is 5.97 Å². The normalized spacial score (nSPS) is 23.3. The summed E-state index contributed by atoms with van der Waals surface area (Å²) < 4.78 is 23.0. The highest BCUT2D eigenvalue weighted by molar-refractivity contribution is 5.94. The lowest BCUT2D eigenvalue weighted by atomic mass is 10.0. The van der Waals surface area contributed by atoms with Crippen molar-refractivity contribution in [2.24, 2.45) is 0 Å². The minimum absolute atomic E-state index is 0.0299. The van der Waals surface area contributed by atoms with Crippen molar-refractivity contribution in [2.75, 3.05) is 13.7 Å². The van der Waals surface area contributed by atoms with E-state index >= 15 is 0 Å². The van der Waals surface area contributed by atoms with Gasteiger partial charge < -0.3 is 19.9 Å². The number of hydrogen-bond donors (Lipinski definition) is 2.